The van der Waals surface area contributed by atoms with Crippen molar-refractivity contribution in [3.8, 4) is 0 Å². The van der Waals surface area contributed by atoms with Crippen molar-refractivity contribution < 1.29 is 5.11 Å². The second-order valence-electron chi connectivity index (χ2n) is 4.05. The van der Waals surface area contributed by atoms with Crippen molar-refractivity contribution in [3.63, 3.8) is 0 Å². The normalized spacial score (nSPS) is 12.6. The largest absolute Gasteiger partial charge is 0.394 e. The van der Waals surface area contributed by atoms with Crippen molar-refractivity contribution in [1.29, 1.82) is 0 Å². The molecule has 0 saturated carbocycles. The Hall–Kier alpha value is -1.79. The number of nitrogens with zero attached hydrogens (tertiary/aromatic N) is 4. The number of aliphatic hydroxyl groups is 1. The Kier molecular flexibility index (Phi) is 4.38. The fourth-order valence-electron chi connectivity index (χ4n) is 1.63. The van der Waals surface area contributed by atoms with Crippen molar-refractivity contribution in [3.05, 3.63) is 42.0 Å². The zero-order valence-electron chi connectivity index (χ0n) is 10.3. The van der Waals surface area contributed by atoms with E-state index in [2.05, 4.69) is 27.5 Å². The van der Waals surface area contributed by atoms with Crippen LogP contribution in [0.15, 0.2) is 30.6 Å². The van der Waals surface area contributed by atoms with Crippen LogP contribution in [-0.4, -0.2) is 31.7 Å². The van der Waals surface area contributed by atoms with Gasteiger partial charge in [-0.3, -0.25) is 4.98 Å². The molecule has 0 aliphatic carbocycles. The first-order valence-corrected chi connectivity index (χ1v) is 5.94. The summed E-state index contributed by atoms with van der Waals surface area (Å²) in [5.74, 6) is 0. The molecular formula is C12H17N5O. The van der Waals surface area contributed by atoms with Crippen molar-refractivity contribution in [1.82, 2.24) is 25.3 Å². The summed E-state index contributed by atoms with van der Waals surface area (Å²) < 4.78 is 1.63. The molecule has 96 valence electrons. The first-order chi connectivity index (χ1) is 8.79. The van der Waals surface area contributed by atoms with Crippen LogP contribution in [0.1, 0.15) is 24.4 Å². The average molecular weight is 247 g/mol. The number of aromatic nitrogens is 4. The molecule has 0 fully saturated rings. The molecule has 2 heterocycles. The monoisotopic (exact) mass is 247 g/mol. The maximum absolute atomic E-state index is 8.78. The number of rotatable bonds is 6. The highest BCUT2D eigenvalue weighted by Crippen LogP contribution is 2.08. The summed E-state index contributed by atoms with van der Waals surface area (Å²) in [7, 11) is 0. The molecule has 0 aromatic carbocycles. The highest BCUT2D eigenvalue weighted by molar-refractivity contribution is 5.08. The van der Waals surface area contributed by atoms with E-state index in [0.717, 1.165) is 11.4 Å². The van der Waals surface area contributed by atoms with Gasteiger partial charge in [0, 0.05) is 25.0 Å². The standard InChI is InChI=1S/C12H17N5O/c1-10(12-4-2-3-5-13-12)14-8-11-9-17(6-7-18)16-15-11/h2-5,9-10,14,18H,6-8H2,1H3/t10-/m0/s1. The topological polar surface area (TPSA) is 75.9 Å². The lowest BCUT2D eigenvalue weighted by atomic mass is 10.2. The van der Waals surface area contributed by atoms with Crippen molar-refractivity contribution in [2.45, 2.75) is 26.1 Å². The van der Waals surface area contributed by atoms with Gasteiger partial charge in [0.2, 0.25) is 0 Å². The number of nitrogens with one attached hydrogen (secondary N) is 1. The highest BCUT2D eigenvalue weighted by Gasteiger charge is 2.07. The van der Waals surface area contributed by atoms with Gasteiger partial charge in [-0.1, -0.05) is 11.3 Å². The molecule has 18 heavy (non-hydrogen) atoms. The fraction of sp³-hybridized carbons (Fsp3) is 0.417. The Morgan fingerprint density at radius 3 is 3.06 bits per heavy atom. The Balaban J connectivity index is 1.87. The number of hydrogen-bond donors (Lipinski definition) is 2. The van der Waals surface area contributed by atoms with Gasteiger partial charge in [0.1, 0.15) is 0 Å². The van der Waals surface area contributed by atoms with E-state index in [1.165, 1.54) is 0 Å². The summed E-state index contributed by atoms with van der Waals surface area (Å²) >= 11 is 0. The summed E-state index contributed by atoms with van der Waals surface area (Å²) in [6.07, 6.45) is 3.61. The molecule has 2 N–H and O–H groups in total. The minimum absolute atomic E-state index is 0.0700. The molecule has 2 aromatic heterocycles. The molecule has 0 amide bonds. The van der Waals surface area contributed by atoms with Gasteiger partial charge >= 0.3 is 0 Å². The summed E-state index contributed by atoms with van der Waals surface area (Å²) in [4.78, 5) is 4.29. The predicted octanol–water partition coefficient (Wildman–Crippen LogP) is 0.516. The van der Waals surface area contributed by atoms with Crippen LogP contribution < -0.4 is 5.32 Å². The van der Waals surface area contributed by atoms with Crippen LogP contribution in [-0.2, 0) is 13.1 Å². The summed E-state index contributed by atoms with van der Waals surface area (Å²) in [5, 5.41) is 20.0. The zero-order valence-corrected chi connectivity index (χ0v) is 10.3. The van der Waals surface area contributed by atoms with E-state index < -0.39 is 0 Å². The van der Waals surface area contributed by atoms with E-state index in [9.17, 15) is 0 Å². The predicted molar refractivity (Wildman–Crippen MR) is 66.6 cm³/mol. The first kappa shape index (κ1) is 12.7. The minimum Gasteiger partial charge on any atom is -0.394 e. The van der Waals surface area contributed by atoms with Crippen LogP contribution in [0.5, 0.6) is 0 Å². The molecule has 6 heteroatoms. The molecule has 1 atom stereocenters. The minimum atomic E-state index is 0.0700. The lowest BCUT2D eigenvalue weighted by molar-refractivity contribution is 0.268. The SMILES string of the molecule is C[C@H](NCc1cn(CCO)nn1)c1ccccn1. The smallest absolute Gasteiger partial charge is 0.0965 e. The molecule has 2 rings (SSSR count). The molecule has 0 spiro atoms. The second kappa shape index (κ2) is 6.23. The van der Waals surface area contributed by atoms with E-state index in [1.807, 2.05) is 24.4 Å². The van der Waals surface area contributed by atoms with Gasteiger partial charge in [-0.2, -0.15) is 0 Å². The summed E-state index contributed by atoms with van der Waals surface area (Å²) in [6, 6.07) is 6.02. The number of pyridine rings is 1. The quantitative estimate of drug-likeness (QED) is 0.778. The molecule has 0 bridgehead atoms. The van der Waals surface area contributed by atoms with Gasteiger partial charge in [-0.25, -0.2) is 4.68 Å². The van der Waals surface area contributed by atoms with Crippen molar-refractivity contribution in [2.75, 3.05) is 6.61 Å². The van der Waals surface area contributed by atoms with Gasteiger partial charge in [-0.15, -0.1) is 5.10 Å². The van der Waals surface area contributed by atoms with Crippen LogP contribution in [0.2, 0.25) is 0 Å². The van der Waals surface area contributed by atoms with Crippen molar-refractivity contribution >= 4 is 0 Å². The fourth-order valence-corrected chi connectivity index (χ4v) is 1.63. The van der Waals surface area contributed by atoms with Gasteiger partial charge < -0.3 is 10.4 Å². The Labute approximate surface area is 106 Å². The first-order valence-electron chi connectivity index (χ1n) is 5.94. The lowest BCUT2D eigenvalue weighted by Crippen LogP contribution is -2.19. The van der Waals surface area contributed by atoms with Crippen LogP contribution in [0.4, 0.5) is 0 Å². The molecule has 2 aromatic rings. The Morgan fingerprint density at radius 2 is 2.33 bits per heavy atom. The third kappa shape index (κ3) is 3.35. The Morgan fingerprint density at radius 1 is 1.44 bits per heavy atom. The third-order valence-electron chi connectivity index (χ3n) is 2.64. The van der Waals surface area contributed by atoms with Gasteiger partial charge in [0.25, 0.3) is 0 Å². The van der Waals surface area contributed by atoms with Gasteiger partial charge in [0.15, 0.2) is 0 Å². The lowest BCUT2D eigenvalue weighted by Gasteiger charge is -2.11. The molecule has 0 aliphatic heterocycles. The number of hydrogen-bond acceptors (Lipinski definition) is 5. The molecule has 0 radical (unpaired) electrons. The van der Waals surface area contributed by atoms with Crippen LogP contribution >= 0.6 is 0 Å². The van der Waals surface area contributed by atoms with E-state index in [-0.39, 0.29) is 12.6 Å². The molecule has 0 aliphatic rings. The number of aliphatic hydroxyl groups excluding tert-OH is 1. The Bertz CT molecular complexity index is 470. The third-order valence-corrected chi connectivity index (χ3v) is 2.64. The molecular weight excluding hydrogens is 230 g/mol. The van der Waals surface area contributed by atoms with Crippen molar-refractivity contribution in [2.24, 2.45) is 0 Å². The maximum Gasteiger partial charge on any atom is 0.0965 e. The van der Waals surface area contributed by atoms with E-state index >= 15 is 0 Å². The van der Waals surface area contributed by atoms with E-state index in [0.29, 0.717) is 13.1 Å². The zero-order chi connectivity index (χ0) is 12.8. The summed E-state index contributed by atoms with van der Waals surface area (Å²) in [5.41, 5.74) is 1.85. The van der Waals surface area contributed by atoms with Crippen LogP contribution in [0.3, 0.4) is 0 Å². The molecule has 0 saturated heterocycles. The average Bonchev–Trinajstić information content (AvgIpc) is 2.85. The van der Waals surface area contributed by atoms with Crippen LogP contribution in [0.25, 0.3) is 0 Å². The van der Waals surface area contributed by atoms with Gasteiger partial charge in [-0.05, 0) is 19.1 Å². The van der Waals surface area contributed by atoms with Crippen LogP contribution in [0, 0.1) is 0 Å². The highest BCUT2D eigenvalue weighted by atomic mass is 16.3. The summed E-state index contributed by atoms with van der Waals surface area (Å²) in [6.45, 7) is 3.23. The molecule has 0 unspecified atom stereocenters. The van der Waals surface area contributed by atoms with E-state index in [4.69, 9.17) is 5.11 Å². The van der Waals surface area contributed by atoms with E-state index in [1.54, 1.807) is 10.9 Å². The molecule has 6 nitrogen and oxygen atoms in total. The second-order valence-corrected chi connectivity index (χ2v) is 4.05. The maximum atomic E-state index is 8.78. The van der Waals surface area contributed by atoms with Gasteiger partial charge in [0.05, 0.1) is 24.5 Å².